The van der Waals surface area contributed by atoms with Gasteiger partial charge in [0.1, 0.15) is 0 Å². The highest BCUT2D eigenvalue weighted by Gasteiger charge is 2.36. The Morgan fingerprint density at radius 1 is 1.15 bits per heavy atom. The van der Waals surface area contributed by atoms with Crippen molar-refractivity contribution in [1.82, 2.24) is 10.2 Å². The normalized spacial score (nSPS) is 25.9. The molecule has 2 nitrogen and oxygen atoms in total. The standard InChI is InChI=1S/C15H29F3N2/c1-5-6-20-9-12(8-15(16,17)18)7-13(10-20)19-11-14(2,3)4/h12-13,19H,5-11H2,1-4H3. The maximum atomic E-state index is 12.6. The van der Waals surface area contributed by atoms with Crippen molar-refractivity contribution >= 4 is 0 Å². The van der Waals surface area contributed by atoms with Gasteiger partial charge < -0.3 is 10.2 Å². The number of piperidine rings is 1. The number of nitrogens with one attached hydrogen (secondary N) is 1. The molecule has 1 N–H and O–H groups in total. The zero-order chi connectivity index (χ0) is 15.4. The summed E-state index contributed by atoms with van der Waals surface area (Å²) < 4.78 is 37.8. The molecule has 0 aromatic rings. The molecular weight excluding hydrogens is 265 g/mol. The number of halogens is 3. The van der Waals surface area contributed by atoms with Crippen molar-refractivity contribution in [3.8, 4) is 0 Å². The molecule has 1 aliphatic rings. The van der Waals surface area contributed by atoms with Gasteiger partial charge in [0, 0.05) is 32.1 Å². The molecule has 0 radical (unpaired) electrons. The lowest BCUT2D eigenvalue weighted by molar-refractivity contribution is -0.149. The third-order valence-corrected chi connectivity index (χ3v) is 3.59. The van der Waals surface area contributed by atoms with Crippen molar-refractivity contribution in [2.24, 2.45) is 11.3 Å². The average molecular weight is 294 g/mol. The van der Waals surface area contributed by atoms with E-state index in [-0.39, 0.29) is 17.4 Å². The molecule has 1 fully saturated rings. The topological polar surface area (TPSA) is 15.3 Å². The van der Waals surface area contributed by atoms with Crippen molar-refractivity contribution in [2.45, 2.75) is 59.2 Å². The first kappa shape index (κ1) is 17.8. The molecule has 0 aromatic carbocycles. The third kappa shape index (κ3) is 7.48. The molecule has 1 aliphatic heterocycles. The maximum absolute atomic E-state index is 12.6. The number of alkyl halides is 3. The quantitative estimate of drug-likeness (QED) is 0.832. The molecule has 0 bridgehead atoms. The monoisotopic (exact) mass is 294 g/mol. The summed E-state index contributed by atoms with van der Waals surface area (Å²) in [7, 11) is 0. The van der Waals surface area contributed by atoms with Gasteiger partial charge in [-0.2, -0.15) is 13.2 Å². The number of likely N-dealkylation sites (tertiary alicyclic amines) is 1. The zero-order valence-electron chi connectivity index (χ0n) is 13.2. The van der Waals surface area contributed by atoms with E-state index in [2.05, 4.69) is 37.9 Å². The van der Waals surface area contributed by atoms with Crippen LogP contribution in [0.25, 0.3) is 0 Å². The van der Waals surface area contributed by atoms with Crippen LogP contribution in [0.1, 0.15) is 47.0 Å². The van der Waals surface area contributed by atoms with E-state index in [0.29, 0.717) is 13.0 Å². The second-order valence-corrected chi connectivity index (χ2v) is 7.32. The smallest absolute Gasteiger partial charge is 0.312 e. The summed E-state index contributed by atoms with van der Waals surface area (Å²) >= 11 is 0. The van der Waals surface area contributed by atoms with Gasteiger partial charge in [-0.15, -0.1) is 0 Å². The lowest BCUT2D eigenvalue weighted by atomic mass is 9.89. The second kappa shape index (κ2) is 7.12. The van der Waals surface area contributed by atoms with Crippen LogP contribution in [0.5, 0.6) is 0 Å². The van der Waals surface area contributed by atoms with Crippen molar-refractivity contribution in [3.63, 3.8) is 0 Å². The van der Waals surface area contributed by atoms with Gasteiger partial charge in [0.2, 0.25) is 0 Å². The molecule has 0 aliphatic carbocycles. The van der Waals surface area contributed by atoms with Crippen LogP contribution < -0.4 is 5.32 Å². The SMILES string of the molecule is CCCN1CC(CC(F)(F)F)CC(NCC(C)(C)C)C1. The minimum absolute atomic E-state index is 0.159. The Morgan fingerprint density at radius 3 is 2.30 bits per heavy atom. The summed E-state index contributed by atoms with van der Waals surface area (Å²) in [6.07, 6.45) is -3.07. The van der Waals surface area contributed by atoms with Gasteiger partial charge in [-0.1, -0.05) is 27.7 Å². The highest BCUT2D eigenvalue weighted by Crippen LogP contribution is 2.30. The van der Waals surface area contributed by atoms with Crippen LogP contribution in [0.15, 0.2) is 0 Å². The molecule has 2 atom stereocenters. The highest BCUT2D eigenvalue weighted by molar-refractivity contribution is 4.85. The summed E-state index contributed by atoms with van der Waals surface area (Å²) in [5, 5.41) is 3.46. The Bertz CT molecular complexity index is 284. The van der Waals surface area contributed by atoms with Gasteiger partial charge in [0.15, 0.2) is 0 Å². The molecule has 0 aromatic heterocycles. The van der Waals surface area contributed by atoms with Crippen LogP contribution in [0.4, 0.5) is 13.2 Å². The Balaban J connectivity index is 2.56. The van der Waals surface area contributed by atoms with Gasteiger partial charge in [0.25, 0.3) is 0 Å². The van der Waals surface area contributed by atoms with Crippen LogP contribution >= 0.6 is 0 Å². The number of hydrogen-bond donors (Lipinski definition) is 1. The fourth-order valence-electron chi connectivity index (χ4n) is 2.88. The van der Waals surface area contributed by atoms with Crippen LogP contribution in [-0.2, 0) is 0 Å². The first-order valence-corrected chi connectivity index (χ1v) is 7.61. The molecular formula is C15H29F3N2. The molecule has 120 valence electrons. The number of hydrogen-bond acceptors (Lipinski definition) is 2. The van der Waals surface area contributed by atoms with Crippen molar-refractivity contribution < 1.29 is 13.2 Å². The lowest BCUT2D eigenvalue weighted by Gasteiger charge is -2.39. The van der Waals surface area contributed by atoms with Crippen molar-refractivity contribution in [1.29, 1.82) is 0 Å². The maximum Gasteiger partial charge on any atom is 0.389 e. The first-order valence-electron chi connectivity index (χ1n) is 7.61. The van der Waals surface area contributed by atoms with Crippen molar-refractivity contribution in [2.75, 3.05) is 26.2 Å². The molecule has 0 spiro atoms. The Morgan fingerprint density at radius 2 is 1.80 bits per heavy atom. The summed E-state index contributed by atoms with van der Waals surface area (Å²) in [6, 6.07) is 0.182. The van der Waals surface area contributed by atoms with Gasteiger partial charge in [-0.3, -0.25) is 0 Å². The second-order valence-electron chi connectivity index (χ2n) is 7.32. The first-order chi connectivity index (χ1) is 9.09. The average Bonchev–Trinajstić information content (AvgIpc) is 2.23. The van der Waals surface area contributed by atoms with Crippen LogP contribution in [-0.4, -0.2) is 43.3 Å². The molecule has 1 rings (SSSR count). The van der Waals surface area contributed by atoms with E-state index in [1.807, 2.05) is 0 Å². The van der Waals surface area contributed by atoms with Gasteiger partial charge in [-0.25, -0.2) is 0 Å². The Kier molecular flexibility index (Phi) is 6.32. The van der Waals surface area contributed by atoms with Gasteiger partial charge >= 0.3 is 6.18 Å². The van der Waals surface area contributed by atoms with E-state index in [0.717, 1.165) is 26.1 Å². The molecule has 1 saturated heterocycles. The summed E-state index contributed by atoms with van der Waals surface area (Å²) in [6.45, 7) is 11.7. The molecule has 2 unspecified atom stereocenters. The van der Waals surface area contributed by atoms with E-state index in [9.17, 15) is 13.2 Å². The fourth-order valence-corrected chi connectivity index (χ4v) is 2.88. The fraction of sp³-hybridized carbons (Fsp3) is 1.00. The predicted octanol–water partition coefficient (Wildman–Crippen LogP) is 3.68. The van der Waals surface area contributed by atoms with Crippen LogP contribution in [0, 0.1) is 11.3 Å². The van der Waals surface area contributed by atoms with E-state index < -0.39 is 12.6 Å². The molecule has 0 saturated carbocycles. The molecule has 5 heteroatoms. The minimum Gasteiger partial charge on any atom is -0.312 e. The summed E-state index contributed by atoms with van der Waals surface area (Å²) in [4.78, 5) is 2.18. The molecule has 1 heterocycles. The van der Waals surface area contributed by atoms with E-state index >= 15 is 0 Å². The largest absolute Gasteiger partial charge is 0.389 e. The molecule has 20 heavy (non-hydrogen) atoms. The Hall–Kier alpha value is -0.290. The number of rotatable bonds is 5. The summed E-state index contributed by atoms with van der Waals surface area (Å²) in [5.74, 6) is -0.271. The predicted molar refractivity (Wildman–Crippen MR) is 76.8 cm³/mol. The van der Waals surface area contributed by atoms with E-state index in [4.69, 9.17) is 0 Å². The minimum atomic E-state index is -4.05. The number of nitrogens with zero attached hydrogens (tertiary/aromatic N) is 1. The highest BCUT2D eigenvalue weighted by atomic mass is 19.4. The van der Waals surface area contributed by atoms with Crippen LogP contribution in [0.3, 0.4) is 0 Å². The zero-order valence-corrected chi connectivity index (χ0v) is 13.2. The van der Waals surface area contributed by atoms with E-state index in [1.165, 1.54) is 0 Å². The lowest BCUT2D eigenvalue weighted by Crippen LogP contribution is -2.51. The summed E-state index contributed by atoms with van der Waals surface area (Å²) in [5.41, 5.74) is 0.159. The third-order valence-electron chi connectivity index (χ3n) is 3.59. The Labute approximate surface area is 121 Å². The molecule has 0 amide bonds. The van der Waals surface area contributed by atoms with Gasteiger partial charge in [-0.05, 0) is 30.7 Å². The van der Waals surface area contributed by atoms with Crippen molar-refractivity contribution in [3.05, 3.63) is 0 Å². The van der Waals surface area contributed by atoms with E-state index in [1.54, 1.807) is 0 Å². The van der Waals surface area contributed by atoms with Crippen LogP contribution in [0.2, 0.25) is 0 Å². The van der Waals surface area contributed by atoms with Gasteiger partial charge in [0.05, 0.1) is 0 Å².